The zero-order valence-corrected chi connectivity index (χ0v) is 16.7. The Morgan fingerprint density at radius 2 is 1.70 bits per heavy atom. The molecule has 7 heteroatoms. The molecule has 1 atom stereocenters. The number of thiophene rings is 1. The van der Waals surface area contributed by atoms with E-state index in [0.717, 1.165) is 5.56 Å². The molecule has 2 N–H and O–H groups in total. The van der Waals surface area contributed by atoms with Gasteiger partial charge in [-0.3, -0.25) is 9.59 Å². The topological polar surface area (TPSA) is 58.2 Å². The number of carbonyl (C=O) groups is 2. The number of rotatable bonds is 5. The molecule has 0 aliphatic carbocycles. The molecule has 0 bridgehead atoms. The fourth-order valence-electron chi connectivity index (χ4n) is 2.45. The predicted octanol–water partition coefficient (Wildman–Crippen LogP) is 5.80. The van der Waals surface area contributed by atoms with E-state index >= 15 is 0 Å². The van der Waals surface area contributed by atoms with Crippen molar-refractivity contribution in [2.75, 3.05) is 5.32 Å². The van der Waals surface area contributed by atoms with Crippen LogP contribution < -0.4 is 10.6 Å². The highest BCUT2D eigenvalue weighted by Crippen LogP contribution is 2.25. The number of hydrogen-bond donors (Lipinski definition) is 2. The molecule has 3 rings (SSSR count). The molecular formula is C20H16Cl2N2O2S. The van der Waals surface area contributed by atoms with E-state index in [2.05, 4.69) is 10.6 Å². The van der Waals surface area contributed by atoms with Gasteiger partial charge < -0.3 is 10.6 Å². The molecule has 27 heavy (non-hydrogen) atoms. The van der Waals surface area contributed by atoms with Gasteiger partial charge in [0.05, 0.1) is 21.0 Å². The maximum Gasteiger partial charge on any atom is 0.265 e. The summed E-state index contributed by atoms with van der Waals surface area (Å²) in [6.07, 6.45) is 0. The monoisotopic (exact) mass is 418 g/mol. The van der Waals surface area contributed by atoms with Crippen LogP contribution in [0.15, 0.2) is 60.0 Å². The first kappa shape index (κ1) is 19.4. The molecule has 3 aromatic rings. The fourth-order valence-corrected chi connectivity index (χ4v) is 3.38. The Balaban J connectivity index is 1.63. The van der Waals surface area contributed by atoms with Gasteiger partial charge in [0.25, 0.3) is 11.8 Å². The Hall–Kier alpha value is -2.34. The van der Waals surface area contributed by atoms with Crippen LogP contribution in [-0.2, 0) is 0 Å². The third kappa shape index (κ3) is 4.89. The van der Waals surface area contributed by atoms with Crippen molar-refractivity contribution in [1.29, 1.82) is 0 Å². The van der Waals surface area contributed by atoms with Crippen LogP contribution in [0, 0.1) is 0 Å². The molecule has 1 unspecified atom stereocenters. The summed E-state index contributed by atoms with van der Waals surface area (Å²) in [7, 11) is 0. The quantitative estimate of drug-likeness (QED) is 0.549. The van der Waals surface area contributed by atoms with Gasteiger partial charge in [0.15, 0.2) is 0 Å². The number of halogens is 2. The third-order valence-corrected chi connectivity index (χ3v) is 5.55. The first-order chi connectivity index (χ1) is 12.9. The van der Waals surface area contributed by atoms with Crippen molar-refractivity contribution in [1.82, 2.24) is 5.32 Å². The number of carbonyl (C=O) groups excluding carboxylic acids is 2. The van der Waals surface area contributed by atoms with Crippen LogP contribution in [-0.4, -0.2) is 11.8 Å². The van der Waals surface area contributed by atoms with Gasteiger partial charge in [0, 0.05) is 11.3 Å². The molecule has 2 amide bonds. The summed E-state index contributed by atoms with van der Waals surface area (Å²) < 4.78 is 0. The summed E-state index contributed by atoms with van der Waals surface area (Å²) in [5, 5.41) is 8.48. The predicted molar refractivity (Wildman–Crippen MR) is 111 cm³/mol. The maximum atomic E-state index is 12.4. The normalized spacial score (nSPS) is 11.7. The van der Waals surface area contributed by atoms with E-state index in [4.69, 9.17) is 23.2 Å². The Morgan fingerprint density at radius 1 is 0.963 bits per heavy atom. The van der Waals surface area contributed by atoms with E-state index in [0.29, 0.717) is 26.2 Å². The van der Waals surface area contributed by atoms with Crippen molar-refractivity contribution >= 4 is 52.0 Å². The first-order valence-electron chi connectivity index (χ1n) is 8.15. The maximum absolute atomic E-state index is 12.4. The van der Waals surface area contributed by atoms with Gasteiger partial charge in [0.1, 0.15) is 0 Å². The Bertz CT molecular complexity index is 957. The van der Waals surface area contributed by atoms with Gasteiger partial charge in [-0.05, 0) is 60.3 Å². The molecular weight excluding hydrogens is 403 g/mol. The van der Waals surface area contributed by atoms with E-state index in [1.807, 2.05) is 24.4 Å². The minimum Gasteiger partial charge on any atom is -0.346 e. The van der Waals surface area contributed by atoms with Crippen LogP contribution in [0.5, 0.6) is 0 Å². The number of nitrogens with one attached hydrogen (secondary N) is 2. The minimum atomic E-state index is -0.231. The largest absolute Gasteiger partial charge is 0.346 e. The first-order valence-corrected chi connectivity index (χ1v) is 9.78. The van der Waals surface area contributed by atoms with Gasteiger partial charge in [-0.1, -0.05) is 35.3 Å². The molecule has 2 aromatic carbocycles. The van der Waals surface area contributed by atoms with Crippen molar-refractivity contribution < 1.29 is 9.59 Å². The number of anilines is 1. The van der Waals surface area contributed by atoms with Crippen LogP contribution in [0.1, 0.15) is 38.6 Å². The molecule has 0 saturated heterocycles. The molecule has 138 valence electrons. The van der Waals surface area contributed by atoms with Crippen molar-refractivity contribution in [3.8, 4) is 0 Å². The van der Waals surface area contributed by atoms with Crippen molar-refractivity contribution in [2.24, 2.45) is 0 Å². The zero-order chi connectivity index (χ0) is 19.4. The van der Waals surface area contributed by atoms with Crippen LogP contribution in [0.25, 0.3) is 0 Å². The lowest BCUT2D eigenvalue weighted by Crippen LogP contribution is -2.26. The van der Waals surface area contributed by atoms with E-state index in [9.17, 15) is 9.59 Å². The number of benzene rings is 2. The van der Waals surface area contributed by atoms with E-state index in [1.165, 1.54) is 11.3 Å². The smallest absolute Gasteiger partial charge is 0.265 e. The van der Waals surface area contributed by atoms with Crippen LogP contribution in [0.3, 0.4) is 0 Å². The summed E-state index contributed by atoms with van der Waals surface area (Å²) in [4.78, 5) is 25.1. The molecule has 1 heterocycles. The number of hydrogen-bond acceptors (Lipinski definition) is 3. The Labute approximate surface area is 171 Å². The molecule has 0 radical (unpaired) electrons. The highest BCUT2D eigenvalue weighted by molar-refractivity contribution is 7.12. The molecule has 0 fully saturated rings. The van der Waals surface area contributed by atoms with E-state index < -0.39 is 0 Å². The lowest BCUT2D eigenvalue weighted by Gasteiger charge is -2.15. The average Bonchev–Trinajstić information content (AvgIpc) is 3.19. The highest BCUT2D eigenvalue weighted by atomic mass is 35.5. The average molecular weight is 419 g/mol. The molecule has 4 nitrogen and oxygen atoms in total. The SMILES string of the molecule is CC(NC(=O)c1ccc(NC(=O)c2cccs2)cc1)c1ccc(Cl)c(Cl)c1. The lowest BCUT2D eigenvalue weighted by atomic mass is 10.1. The summed E-state index contributed by atoms with van der Waals surface area (Å²) in [6.45, 7) is 1.87. The zero-order valence-electron chi connectivity index (χ0n) is 14.3. The summed E-state index contributed by atoms with van der Waals surface area (Å²) in [5.41, 5.74) is 1.98. The minimum absolute atomic E-state index is 0.171. The fraction of sp³-hybridized carbons (Fsp3) is 0.100. The molecule has 0 spiro atoms. The highest BCUT2D eigenvalue weighted by Gasteiger charge is 2.13. The second-order valence-electron chi connectivity index (χ2n) is 5.88. The van der Waals surface area contributed by atoms with Crippen molar-refractivity contribution in [2.45, 2.75) is 13.0 Å². The second-order valence-corrected chi connectivity index (χ2v) is 7.64. The van der Waals surface area contributed by atoms with Gasteiger partial charge in [-0.2, -0.15) is 0 Å². The van der Waals surface area contributed by atoms with Crippen molar-refractivity contribution in [3.63, 3.8) is 0 Å². The van der Waals surface area contributed by atoms with Gasteiger partial charge in [-0.25, -0.2) is 0 Å². The Kier molecular flexibility index (Phi) is 6.16. The van der Waals surface area contributed by atoms with Gasteiger partial charge >= 0.3 is 0 Å². The van der Waals surface area contributed by atoms with Crippen LogP contribution in [0.4, 0.5) is 5.69 Å². The standard InChI is InChI=1S/C20H16Cl2N2O2S/c1-12(14-6-9-16(21)17(22)11-14)23-19(25)13-4-7-15(8-5-13)24-20(26)18-3-2-10-27-18/h2-12H,1H3,(H,23,25)(H,24,26). The van der Waals surface area contributed by atoms with Gasteiger partial charge in [0.2, 0.25) is 0 Å². The molecule has 1 aromatic heterocycles. The summed E-state index contributed by atoms with van der Waals surface area (Å²) >= 11 is 13.3. The Morgan fingerprint density at radius 3 is 2.33 bits per heavy atom. The molecule has 0 aliphatic rings. The summed E-state index contributed by atoms with van der Waals surface area (Å²) in [5.74, 6) is -0.389. The molecule has 0 aliphatic heterocycles. The third-order valence-electron chi connectivity index (χ3n) is 3.94. The lowest BCUT2D eigenvalue weighted by molar-refractivity contribution is 0.0939. The van der Waals surface area contributed by atoms with Gasteiger partial charge in [-0.15, -0.1) is 11.3 Å². The van der Waals surface area contributed by atoms with Crippen LogP contribution >= 0.6 is 34.5 Å². The van der Waals surface area contributed by atoms with Crippen molar-refractivity contribution in [3.05, 3.63) is 86.0 Å². The second kappa shape index (κ2) is 8.57. The van der Waals surface area contributed by atoms with E-state index in [1.54, 1.807) is 42.5 Å². The molecule has 0 saturated carbocycles. The number of amides is 2. The van der Waals surface area contributed by atoms with E-state index in [-0.39, 0.29) is 17.9 Å². The summed E-state index contributed by atoms with van der Waals surface area (Å²) in [6, 6.07) is 15.3. The van der Waals surface area contributed by atoms with Crippen LogP contribution in [0.2, 0.25) is 10.0 Å².